The molecule has 0 rings (SSSR count). The van der Waals surface area contributed by atoms with Crippen LogP contribution in [0.5, 0.6) is 0 Å². The Labute approximate surface area is 33.5 Å². The average molecular weight is 92.2 g/mol. The van der Waals surface area contributed by atoms with E-state index in [2.05, 4.69) is 11.4 Å². The maximum absolute atomic E-state index is 7.60. The molecular weight excluding hydrogens is 84.1 g/mol. The predicted octanol–water partition coefficient (Wildman–Crippen LogP) is -0.350. The Bertz CT molecular complexity index is 15.1. The van der Waals surface area contributed by atoms with Gasteiger partial charge in [0.05, 0.1) is 15.7 Å². The zero-order valence-corrected chi connectivity index (χ0v) is 4.68. The standard InChI is InChI=1S/C2H8O2Si/c1-5-2-4-3/h3H,2,5H2,1H3. The van der Waals surface area contributed by atoms with Crippen LogP contribution < -0.4 is 0 Å². The summed E-state index contributed by atoms with van der Waals surface area (Å²) in [6.07, 6.45) is 0.583. The molecule has 0 aliphatic heterocycles. The molecule has 0 fully saturated rings. The van der Waals surface area contributed by atoms with E-state index in [9.17, 15) is 0 Å². The van der Waals surface area contributed by atoms with Crippen LogP contribution in [-0.4, -0.2) is 21.0 Å². The second-order valence-corrected chi connectivity index (χ2v) is 2.24. The second kappa shape index (κ2) is 4.14. The molecule has 0 heterocycles. The molecule has 0 radical (unpaired) electrons. The van der Waals surface area contributed by atoms with E-state index in [0.717, 1.165) is 0 Å². The quantitative estimate of drug-likeness (QED) is 0.286. The molecule has 0 aromatic rings. The van der Waals surface area contributed by atoms with Gasteiger partial charge in [0.15, 0.2) is 0 Å². The van der Waals surface area contributed by atoms with Gasteiger partial charge in [-0.2, -0.15) is 0 Å². The molecule has 1 N–H and O–H groups in total. The van der Waals surface area contributed by atoms with Crippen LogP contribution in [0.1, 0.15) is 0 Å². The van der Waals surface area contributed by atoms with Gasteiger partial charge in [0.1, 0.15) is 0 Å². The summed E-state index contributed by atoms with van der Waals surface area (Å²) in [6, 6.07) is 0. The lowest BCUT2D eigenvalue weighted by Crippen LogP contribution is -1.93. The van der Waals surface area contributed by atoms with Gasteiger partial charge in [0.25, 0.3) is 0 Å². The monoisotopic (exact) mass is 92.0 g/mol. The zero-order chi connectivity index (χ0) is 4.12. The van der Waals surface area contributed by atoms with Crippen LogP contribution in [0.3, 0.4) is 0 Å². The van der Waals surface area contributed by atoms with E-state index in [-0.39, 0.29) is 9.52 Å². The summed E-state index contributed by atoms with van der Waals surface area (Å²) in [6.45, 7) is 2.07. The highest BCUT2D eigenvalue weighted by molar-refractivity contribution is 6.33. The molecule has 0 spiro atoms. The van der Waals surface area contributed by atoms with Crippen LogP contribution in [0.15, 0.2) is 0 Å². The first kappa shape index (κ1) is 5.14. The van der Waals surface area contributed by atoms with Crippen molar-refractivity contribution in [1.82, 2.24) is 0 Å². The van der Waals surface area contributed by atoms with Crippen molar-refractivity contribution < 1.29 is 10.1 Å². The van der Waals surface area contributed by atoms with E-state index >= 15 is 0 Å². The maximum Gasteiger partial charge on any atom is 0.0658 e. The smallest absolute Gasteiger partial charge is 0.0658 e. The van der Waals surface area contributed by atoms with Gasteiger partial charge in [0, 0.05) is 0 Å². The molecule has 32 valence electrons. The summed E-state index contributed by atoms with van der Waals surface area (Å²) >= 11 is 0. The van der Waals surface area contributed by atoms with Gasteiger partial charge >= 0.3 is 0 Å². The largest absolute Gasteiger partial charge is 0.252 e. The molecule has 0 atom stereocenters. The fraction of sp³-hybridized carbons (Fsp3) is 1.00. The molecule has 0 aliphatic rings. The van der Waals surface area contributed by atoms with E-state index in [1.54, 1.807) is 0 Å². The Hall–Kier alpha value is 0.137. The first-order valence-corrected chi connectivity index (χ1v) is 4.09. The normalized spacial score (nSPS) is 10.8. The first-order chi connectivity index (χ1) is 2.41. The Balaban J connectivity index is 2.19. The fourth-order valence-electron chi connectivity index (χ4n) is 0.0913. The van der Waals surface area contributed by atoms with E-state index in [1.807, 2.05) is 0 Å². The average Bonchev–Trinajstić information content (AvgIpc) is 1.41. The Kier molecular flexibility index (Phi) is 4.25. The minimum atomic E-state index is -0.0583. The summed E-state index contributed by atoms with van der Waals surface area (Å²) in [5.41, 5.74) is 0. The van der Waals surface area contributed by atoms with Crippen LogP contribution in [-0.2, 0) is 4.89 Å². The molecule has 0 unspecified atom stereocenters. The lowest BCUT2D eigenvalue weighted by atomic mass is 11.7. The van der Waals surface area contributed by atoms with Crippen molar-refractivity contribution >= 4 is 9.52 Å². The predicted molar refractivity (Wildman–Crippen MR) is 23.0 cm³/mol. The highest BCUT2D eigenvalue weighted by atomic mass is 28.2. The van der Waals surface area contributed by atoms with Gasteiger partial charge in [-0.05, 0) is 0 Å². The molecular formula is C2H8O2Si. The van der Waals surface area contributed by atoms with Crippen molar-refractivity contribution in [2.24, 2.45) is 0 Å². The summed E-state index contributed by atoms with van der Waals surface area (Å²) in [5, 5.41) is 7.60. The van der Waals surface area contributed by atoms with Crippen LogP contribution in [0.25, 0.3) is 0 Å². The van der Waals surface area contributed by atoms with Gasteiger partial charge in [-0.15, -0.1) is 0 Å². The topological polar surface area (TPSA) is 29.5 Å². The molecule has 0 amide bonds. The molecule has 0 aliphatic carbocycles. The lowest BCUT2D eigenvalue weighted by Gasteiger charge is -1.80. The summed E-state index contributed by atoms with van der Waals surface area (Å²) in [5.74, 6) is 0. The number of hydrogen-bond acceptors (Lipinski definition) is 2. The lowest BCUT2D eigenvalue weighted by molar-refractivity contribution is -0.225. The fourth-order valence-corrected chi connectivity index (χ4v) is 0.274. The van der Waals surface area contributed by atoms with Gasteiger partial charge in [-0.1, -0.05) is 6.55 Å². The Morgan fingerprint density at radius 3 is 2.60 bits per heavy atom. The van der Waals surface area contributed by atoms with Crippen molar-refractivity contribution in [3.05, 3.63) is 0 Å². The van der Waals surface area contributed by atoms with Crippen molar-refractivity contribution in [3.8, 4) is 0 Å². The van der Waals surface area contributed by atoms with E-state index in [4.69, 9.17) is 5.26 Å². The highest BCUT2D eigenvalue weighted by Gasteiger charge is 1.70. The molecule has 0 aromatic heterocycles. The minimum Gasteiger partial charge on any atom is -0.252 e. The molecule has 0 aromatic carbocycles. The SMILES string of the molecule is C[SiH2]COO. The van der Waals surface area contributed by atoms with Crippen LogP contribution in [0.2, 0.25) is 6.55 Å². The van der Waals surface area contributed by atoms with Gasteiger partial charge in [0.2, 0.25) is 0 Å². The molecule has 5 heavy (non-hydrogen) atoms. The van der Waals surface area contributed by atoms with Crippen molar-refractivity contribution in [2.75, 3.05) is 6.23 Å². The van der Waals surface area contributed by atoms with E-state index < -0.39 is 0 Å². The second-order valence-electron chi connectivity index (χ2n) is 0.833. The van der Waals surface area contributed by atoms with Gasteiger partial charge < -0.3 is 0 Å². The van der Waals surface area contributed by atoms with Crippen molar-refractivity contribution in [3.63, 3.8) is 0 Å². The zero-order valence-electron chi connectivity index (χ0n) is 3.27. The molecule has 2 nitrogen and oxygen atoms in total. The Morgan fingerprint density at radius 2 is 2.60 bits per heavy atom. The summed E-state index contributed by atoms with van der Waals surface area (Å²) in [7, 11) is -0.0583. The third kappa shape index (κ3) is 4.14. The summed E-state index contributed by atoms with van der Waals surface area (Å²) in [4.78, 5) is 3.75. The highest BCUT2D eigenvalue weighted by Crippen LogP contribution is 1.56. The van der Waals surface area contributed by atoms with Crippen LogP contribution >= 0.6 is 0 Å². The summed E-state index contributed by atoms with van der Waals surface area (Å²) < 4.78 is 0. The van der Waals surface area contributed by atoms with E-state index in [1.165, 1.54) is 0 Å². The van der Waals surface area contributed by atoms with Gasteiger partial charge in [-0.25, -0.2) is 4.89 Å². The molecule has 0 bridgehead atoms. The maximum atomic E-state index is 7.60. The number of hydrogen-bond donors (Lipinski definition) is 1. The van der Waals surface area contributed by atoms with Crippen molar-refractivity contribution in [2.45, 2.75) is 6.55 Å². The molecule has 3 heteroatoms. The molecule has 0 saturated heterocycles. The third-order valence-corrected chi connectivity index (χ3v) is 0.886. The van der Waals surface area contributed by atoms with Crippen LogP contribution in [0, 0.1) is 0 Å². The third-order valence-electron chi connectivity index (χ3n) is 0.295. The minimum absolute atomic E-state index is 0.0583. The molecule has 0 saturated carbocycles. The van der Waals surface area contributed by atoms with E-state index in [0.29, 0.717) is 6.23 Å². The first-order valence-electron chi connectivity index (χ1n) is 1.68. The van der Waals surface area contributed by atoms with Crippen molar-refractivity contribution in [1.29, 1.82) is 0 Å². The van der Waals surface area contributed by atoms with Gasteiger partial charge in [-0.3, -0.25) is 5.26 Å². The Morgan fingerprint density at radius 1 is 2.00 bits per heavy atom. The van der Waals surface area contributed by atoms with Crippen LogP contribution in [0.4, 0.5) is 0 Å². The number of rotatable bonds is 2.